The second-order valence-electron chi connectivity index (χ2n) is 9.05. The molecule has 0 unspecified atom stereocenters. The first-order valence-electron chi connectivity index (χ1n) is 12.2. The summed E-state index contributed by atoms with van der Waals surface area (Å²) in [6.45, 7) is 4.45. The molecule has 0 saturated carbocycles. The third-order valence-corrected chi connectivity index (χ3v) is 7.97. The first kappa shape index (κ1) is 21.6. The van der Waals surface area contributed by atoms with E-state index < -0.39 is 0 Å². The zero-order valence-electron chi connectivity index (χ0n) is 20.0. The van der Waals surface area contributed by atoms with E-state index in [2.05, 4.69) is 128 Å². The number of aryl methyl sites for hydroxylation is 1. The van der Waals surface area contributed by atoms with Gasteiger partial charge in [0.25, 0.3) is 0 Å². The fourth-order valence-electron chi connectivity index (χ4n) is 4.87. The summed E-state index contributed by atoms with van der Waals surface area (Å²) in [6.07, 6.45) is 3.28. The summed E-state index contributed by atoms with van der Waals surface area (Å²) in [5.41, 5.74) is 6.09. The Labute approximate surface area is 210 Å². The van der Waals surface area contributed by atoms with Gasteiger partial charge >= 0.3 is 0 Å². The molecule has 0 atom stereocenters. The second kappa shape index (κ2) is 9.05. The summed E-state index contributed by atoms with van der Waals surface area (Å²) in [7, 11) is 0. The van der Waals surface area contributed by atoms with Gasteiger partial charge in [-0.25, -0.2) is 0 Å². The lowest BCUT2D eigenvalue weighted by molar-refractivity contribution is 1.22. The molecule has 170 valence electrons. The summed E-state index contributed by atoms with van der Waals surface area (Å²) < 4.78 is 1.34. The molecule has 0 radical (unpaired) electrons. The number of allylic oxidation sites excluding steroid dienone is 1. The Kier molecular flexibility index (Phi) is 5.60. The summed E-state index contributed by atoms with van der Waals surface area (Å²) >= 11 is 1.88. The molecule has 1 aromatic heterocycles. The molecule has 1 N–H and O–H groups in total. The van der Waals surface area contributed by atoms with Crippen LogP contribution < -0.4 is 5.32 Å². The zero-order valence-corrected chi connectivity index (χ0v) is 20.8. The van der Waals surface area contributed by atoms with E-state index in [1.165, 1.54) is 58.9 Å². The molecule has 6 aromatic rings. The summed E-state index contributed by atoms with van der Waals surface area (Å²) in [6, 6.07) is 37.3. The molecule has 2 heteroatoms. The molecule has 0 aliphatic rings. The first-order valence-corrected chi connectivity index (χ1v) is 13.0. The van der Waals surface area contributed by atoms with Gasteiger partial charge in [-0.1, -0.05) is 85.8 Å². The van der Waals surface area contributed by atoms with E-state index in [0.717, 1.165) is 12.1 Å². The highest BCUT2D eigenvalue weighted by atomic mass is 32.1. The number of rotatable bonds is 5. The molecule has 1 heterocycles. The largest absolute Gasteiger partial charge is 0.355 e. The molecule has 1 nitrogen and oxygen atoms in total. The summed E-state index contributed by atoms with van der Waals surface area (Å²) in [4.78, 5) is 1.31. The number of benzene rings is 5. The third-order valence-electron chi connectivity index (χ3n) is 6.68. The Morgan fingerprint density at radius 2 is 1.40 bits per heavy atom. The molecule has 5 aromatic carbocycles. The lowest BCUT2D eigenvalue weighted by Gasteiger charge is -2.13. The van der Waals surface area contributed by atoms with Crippen molar-refractivity contribution < 1.29 is 0 Å². The fraction of sp³-hybridized carbons (Fsp3) is 0.0909. The van der Waals surface area contributed by atoms with Crippen molar-refractivity contribution in [2.75, 3.05) is 5.32 Å². The monoisotopic (exact) mass is 469 g/mol. The summed E-state index contributed by atoms with van der Waals surface area (Å²) in [5.74, 6) is 0. The molecule has 0 aliphatic heterocycles. The van der Waals surface area contributed by atoms with Crippen LogP contribution in [0.2, 0.25) is 0 Å². The minimum Gasteiger partial charge on any atom is -0.355 e. The highest BCUT2D eigenvalue weighted by molar-refractivity contribution is 7.20. The van der Waals surface area contributed by atoms with E-state index in [4.69, 9.17) is 0 Å². The van der Waals surface area contributed by atoms with Crippen molar-refractivity contribution in [3.05, 3.63) is 120 Å². The SMILES string of the molecule is CC/C=C(/Nc1cccc(-c2ccc3ccccc3c2)c1)c1sc2cc3ccccc3cc2c1C. The Morgan fingerprint density at radius 3 is 2.17 bits per heavy atom. The van der Waals surface area contributed by atoms with E-state index in [-0.39, 0.29) is 0 Å². The van der Waals surface area contributed by atoms with Crippen molar-refractivity contribution in [2.45, 2.75) is 20.3 Å². The Hall–Kier alpha value is -3.88. The van der Waals surface area contributed by atoms with E-state index in [9.17, 15) is 0 Å². The highest BCUT2D eigenvalue weighted by Crippen LogP contribution is 2.38. The van der Waals surface area contributed by atoms with Crippen LogP contribution in [0, 0.1) is 6.92 Å². The van der Waals surface area contributed by atoms with Gasteiger partial charge in [-0.2, -0.15) is 0 Å². The van der Waals surface area contributed by atoms with Gasteiger partial charge in [0.05, 0.1) is 10.6 Å². The minimum absolute atomic E-state index is 0.975. The molecule has 6 rings (SSSR count). The number of hydrogen-bond acceptors (Lipinski definition) is 2. The predicted octanol–water partition coefficient (Wildman–Crippen LogP) is 10.0. The van der Waals surface area contributed by atoms with E-state index in [1.807, 2.05) is 11.3 Å². The van der Waals surface area contributed by atoms with Crippen molar-refractivity contribution in [1.82, 2.24) is 0 Å². The van der Waals surface area contributed by atoms with Crippen LogP contribution in [0.4, 0.5) is 5.69 Å². The third kappa shape index (κ3) is 4.11. The number of hydrogen-bond donors (Lipinski definition) is 1. The van der Waals surface area contributed by atoms with E-state index >= 15 is 0 Å². The van der Waals surface area contributed by atoms with Gasteiger partial charge in [0.1, 0.15) is 0 Å². The Bertz CT molecular complexity index is 1720. The maximum Gasteiger partial charge on any atom is 0.0543 e. The maximum absolute atomic E-state index is 3.76. The van der Waals surface area contributed by atoms with Crippen LogP contribution >= 0.6 is 11.3 Å². The van der Waals surface area contributed by atoms with Crippen LogP contribution in [0.1, 0.15) is 23.8 Å². The second-order valence-corrected chi connectivity index (χ2v) is 10.1. The van der Waals surface area contributed by atoms with Gasteiger partial charge in [0.2, 0.25) is 0 Å². The summed E-state index contributed by atoms with van der Waals surface area (Å²) in [5, 5.41) is 10.2. The predicted molar refractivity (Wildman–Crippen MR) is 155 cm³/mol. The average molecular weight is 470 g/mol. The van der Waals surface area contributed by atoms with Gasteiger partial charge in [0, 0.05) is 10.4 Å². The number of nitrogens with one attached hydrogen (secondary N) is 1. The molecule has 0 spiro atoms. The quantitative estimate of drug-likeness (QED) is 0.265. The van der Waals surface area contributed by atoms with Crippen LogP contribution in [-0.4, -0.2) is 0 Å². The number of anilines is 1. The van der Waals surface area contributed by atoms with Crippen LogP contribution in [0.5, 0.6) is 0 Å². The van der Waals surface area contributed by atoms with Crippen LogP contribution in [0.25, 0.3) is 48.5 Å². The van der Waals surface area contributed by atoms with Gasteiger partial charge in [-0.15, -0.1) is 11.3 Å². The van der Waals surface area contributed by atoms with Crippen molar-refractivity contribution in [3.63, 3.8) is 0 Å². The van der Waals surface area contributed by atoms with Crippen molar-refractivity contribution in [1.29, 1.82) is 0 Å². The van der Waals surface area contributed by atoms with Gasteiger partial charge in [-0.05, 0) is 87.3 Å². The minimum atomic E-state index is 0.975. The smallest absolute Gasteiger partial charge is 0.0543 e. The standard InChI is InChI=1S/C33H27NS/c1-3-9-31(33-22(2)30-20-26-12-6-7-13-27(26)21-32(30)35-33)34-29-15-8-14-25(19-29)28-17-16-23-10-4-5-11-24(23)18-28/h4-21,34H,3H2,1-2H3/b31-9+. The van der Waals surface area contributed by atoms with Gasteiger partial charge in [0.15, 0.2) is 0 Å². The molecular formula is C33H27NS. The maximum atomic E-state index is 3.76. The molecule has 0 saturated heterocycles. The van der Waals surface area contributed by atoms with Crippen molar-refractivity contribution >= 4 is 54.4 Å². The highest BCUT2D eigenvalue weighted by Gasteiger charge is 2.14. The molecule has 0 amide bonds. The van der Waals surface area contributed by atoms with E-state index in [1.54, 1.807) is 0 Å². The Morgan fingerprint density at radius 1 is 0.714 bits per heavy atom. The van der Waals surface area contributed by atoms with Gasteiger partial charge < -0.3 is 5.32 Å². The molecule has 35 heavy (non-hydrogen) atoms. The molecule has 0 aliphatic carbocycles. The zero-order chi connectivity index (χ0) is 23.8. The van der Waals surface area contributed by atoms with Crippen LogP contribution in [-0.2, 0) is 0 Å². The molecular weight excluding hydrogens is 442 g/mol. The van der Waals surface area contributed by atoms with E-state index in [0.29, 0.717) is 0 Å². The van der Waals surface area contributed by atoms with Gasteiger partial charge in [-0.3, -0.25) is 0 Å². The van der Waals surface area contributed by atoms with Crippen molar-refractivity contribution in [3.8, 4) is 11.1 Å². The molecule has 0 bridgehead atoms. The fourth-order valence-corrected chi connectivity index (χ4v) is 6.10. The lowest BCUT2D eigenvalue weighted by Crippen LogP contribution is -1.99. The topological polar surface area (TPSA) is 12.0 Å². The average Bonchev–Trinajstić information content (AvgIpc) is 3.22. The number of fused-ring (bicyclic) bond motifs is 3. The number of thiophene rings is 1. The lowest BCUT2D eigenvalue weighted by atomic mass is 10.0. The van der Waals surface area contributed by atoms with Crippen LogP contribution in [0.3, 0.4) is 0 Å². The molecule has 0 fully saturated rings. The van der Waals surface area contributed by atoms with Crippen molar-refractivity contribution in [2.24, 2.45) is 0 Å². The normalized spacial score (nSPS) is 12.0. The van der Waals surface area contributed by atoms with Crippen LogP contribution in [0.15, 0.2) is 109 Å². The first-order chi connectivity index (χ1) is 17.2. The Balaban J connectivity index is 1.37.